The molecule has 2 aliphatic carbocycles. The van der Waals surface area contributed by atoms with Crippen LogP contribution in [-0.4, -0.2) is 34.6 Å². The van der Waals surface area contributed by atoms with E-state index in [2.05, 4.69) is 4.90 Å². The maximum atomic E-state index is 10.7. The number of carbonyl (C=O) groups is 1. The average molecular weight is 197 g/mol. The van der Waals surface area contributed by atoms with Gasteiger partial charge in [0.1, 0.15) is 0 Å². The highest BCUT2D eigenvalue weighted by atomic mass is 16.4. The first-order valence-corrected chi connectivity index (χ1v) is 5.75. The molecule has 0 amide bonds. The molecular formula is C11H19NO2. The lowest BCUT2D eigenvalue weighted by Gasteiger charge is -2.33. The Hall–Kier alpha value is -0.570. The third kappa shape index (κ3) is 2.47. The van der Waals surface area contributed by atoms with Crippen LogP contribution in [-0.2, 0) is 4.79 Å². The summed E-state index contributed by atoms with van der Waals surface area (Å²) < 4.78 is 0. The summed E-state index contributed by atoms with van der Waals surface area (Å²) in [5.41, 5.74) is 0. The molecule has 1 N–H and O–H groups in total. The molecule has 3 heteroatoms. The van der Waals surface area contributed by atoms with Gasteiger partial charge >= 0.3 is 5.97 Å². The van der Waals surface area contributed by atoms with Gasteiger partial charge in [0.25, 0.3) is 0 Å². The first kappa shape index (κ1) is 9.97. The summed E-state index contributed by atoms with van der Waals surface area (Å²) in [7, 11) is 0. The Bertz CT molecular complexity index is 207. The van der Waals surface area contributed by atoms with Crippen LogP contribution in [0, 0.1) is 0 Å². The Morgan fingerprint density at radius 2 is 1.64 bits per heavy atom. The highest BCUT2D eigenvalue weighted by molar-refractivity contribution is 5.69. The predicted octanol–water partition coefficient (Wildman–Crippen LogP) is 1.87. The minimum atomic E-state index is -0.664. The largest absolute Gasteiger partial charge is 0.480 e. The van der Waals surface area contributed by atoms with Crippen molar-refractivity contribution in [3.8, 4) is 0 Å². The first-order valence-electron chi connectivity index (χ1n) is 5.75. The van der Waals surface area contributed by atoms with Gasteiger partial charge in [0, 0.05) is 12.1 Å². The van der Waals surface area contributed by atoms with Crippen LogP contribution in [0.25, 0.3) is 0 Å². The van der Waals surface area contributed by atoms with Gasteiger partial charge in [0.05, 0.1) is 6.54 Å². The fourth-order valence-electron chi connectivity index (χ4n) is 2.53. The van der Waals surface area contributed by atoms with E-state index >= 15 is 0 Å². The predicted molar refractivity (Wildman–Crippen MR) is 54.2 cm³/mol. The molecule has 0 spiro atoms. The maximum Gasteiger partial charge on any atom is 0.317 e. The lowest BCUT2D eigenvalue weighted by molar-refractivity contribution is -0.139. The van der Waals surface area contributed by atoms with Crippen LogP contribution in [0.4, 0.5) is 0 Å². The number of carboxylic acid groups (broad SMARTS) is 1. The summed E-state index contributed by atoms with van der Waals surface area (Å²) in [6, 6.07) is 1.15. The van der Waals surface area contributed by atoms with Crippen LogP contribution in [0.15, 0.2) is 0 Å². The summed E-state index contributed by atoms with van der Waals surface area (Å²) in [4.78, 5) is 13.0. The third-order valence-corrected chi connectivity index (χ3v) is 3.38. The second kappa shape index (κ2) is 4.30. The van der Waals surface area contributed by atoms with Crippen LogP contribution < -0.4 is 0 Å². The van der Waals surface area contributed by atoms with E-state index in [4.69, 9.17) is 5.11 Å². The van der Waals surface area contributed by atoms with Crippen molar-refractivity contribution >= 4 is 5.97 Å². The van der Waals surface area contributed by atoms with Crippen molar-refractivity contribution in [1.29, 1.82) is 0 Å². The quantitative estimate of drug-likeness (QED) is 0.748. The minimum absolute atomic E-state index is 0.259. The van der Waals surface area contributed by atoms with Crippen LogP contribution >= 0.6 is 0 Å². The lowest BCUT2D eigenvalue weighted by atomic mass is 9.94. The molecule has 2 fully saturated rings. The normalized spacial score (nSPS) is 24.1. The summed E-state index contributed by atoms with van der Waals surface area (Å²) in [5.74, 6) is -0.664. The van der Waals surface area contributed by atoms with E-state index in [1.54, 1.807) is 0 Å². The van der Waals surface area contributed by atoms with Crippen molar-refractivity contribution in [1.82, 2.24) is 4.90 Å². The first-order chi connectivity index (χ1) is 6.77. The van der Waals surface area contributed by atoms with Crippen LogP contribution in [0.1, 0.15) is 44.9 Å². The Labute approximate surface area is 85.1 Å². The molecule has 80 valence electrons. The second-order valence-corrected chi connectivity index (χ2v) is 4.59. The standard InChI is InChI=1S/C11H19NO2/c13-11(14)8-12(10-6-7-10)9-4-2-1-3-5-9/h9-10H,1-8H2,(H,13,14). The molecule has 0 aromatic rings. The van der Waals surface area contributed by atoms with E-state index in [-0.39, 0.29) is 6.54 Å². The minimum Gasteiger partial charge on any atom is -0.480 e. The third-order valence-electron chi connectivity index (χ3n) is 3.38. The van der Waals surface area contributed by atoms with Crippen LogP contribution in [0.5, 0.6) is 0 Å². The van der Waals surface area contributed by atoms with E-state index in [9.17, 15) is 4.79 Å². The molecule has 0 radical (unpaired) electrons. The zero-order valence-corrected chi connectivity index (χ0v) is 8.61. The zero-order chi connectivity index (χ0) is 9.97. The van der Waals surface area contributed by atoms with Crippen molar-refractivity contribution in [2.45, 2.75) is 57.0 Å². The zero-order valence-electron chi connectivity index (χ0n) is 8.61. The number of nitrogens with zero attached hydrogens (tertiary/aromatic N) is 1. The molecule has 2 aliphatic rings. The Balaban J connectivity index is 1.90. The van der Waals surface area contributed by atoms with Crippen molar-refractivity contribution in [2.75, 3.05) is 6.54 Å². The van der Waals surface area contributed by atoms with Crippen LogP contribution in [0.3, 0.4) is 0 Å². The molecule has 2 rings (SSSR count). The van der Waals surface area contributed by atoms with Gasteiger partial charge in [-0.2, -0.15) is 0 Å². The van der Waals surface area contributed by atoms with E-state index < -0.39 is 5.97 Å². The summed E-state index contributed by atoms with van der Waals surface area (Å²) >= 11 is 0. The number of aliphatic carboxylic acids is 1. The average Bonchev–Trinajstić information content (AvgIpc) is 2.99. The van der Waals surface area contributed by atoms with Gasteiger partial charge in [0.2, 0.25) is 0 Å². The van der Waals surface area contributed by atoms with Crippen LogP contribution in [0.2, 0.25) is 0 Å². The lowest BCUT2D eigenvalue weighted by Crippen LogP contribution is -2.41. The molecule has 2 saturated carbocycles. The highest BCUT2D eigenvalue weighted by Gasteiger charge is 2.35. The van der Waals surface area contributed by atoms with Crippen molar-refractivity contribution in [3.63, 3.8) is 0 Å². The van der Waals surface area contributed by atoms with Crippen molar-refractivity contribution in [2.24, 2.45) is 0 Å². The van der Waals surface area contributed by atoms with Gasteiger partial charge in [-0.3, -0.25) is 9.69 Å². The Morgan fingerprint density at radius 1 is 1.07 bits per heavy atom. The van der Waals surface area contributed by atoms with Gasteiger partial charge < -0.3 is 5.11 Å². The van der Waals surface area contributed by atoms with Crippen molar-refractivity contribution in [3.05, 3.63) is 0 Å². The molecule has 0 saturated heterocycles. The molecule has 0 bridgehead atoms. The smallest absolute Gasteiger partial charge is 0.317 e. The van der Waals surface area contributed by atoms with E-state index in [1.165, 1.54) is 44.9 Å². The number of hydrogen-bond acceptors (Lipinski definition) is 2. The summed E-state index contributed by atoms with van der Waals surface area (Å²) in [5, 5.41) is 8.85. The topological polar surface area (TPSA) is 40.5 Å². The molecule has 0 unspecified atom stereocenters. The Kier molecular flexibility index (Phi) is 3.06. The van der Waals surface area contributed by atoms with Gasteiger partial charge in [-0.1, -0.05) is 19.3 Å². The highest BCUT2D eigenvalue weighted by Crippen LogP contribution is 2.33. The molecule has 0 atom stereocenters. The van der Waals surface area contributed by atoms with Gasteiger partial charge in [-0.05, 0) is 25.7 Å². The van der Waals surface area contributed by atoms with Gasteiger partial charge in [0.15, 0.2) is 0 Å². The molecule has 0 aromatic heterocycles. The summed E-state index contributed by atoms with van der Waals surface area (Å²) in [6.07, 6.45) is 8.75. The molecule has 0 heterocycles. The van der Waals surface area contributed by atoms with E-state index in [1.807, 2.05) is 0 Å². The fourth-order valence-corrected chi connectivity index (χ4v) is 2.53. The SMILES string of the molecule is O=C(O)CN(C1CCCCC1)C1CC1. The molecule has 0 aliphatic heterocycles. The maximum absolute atomic E-state index is 10.7. The second-order valence-electron chi connectivity index (χ2n) is 4.59. The molecule has 14 heavy (non-hydrogen) atoms. The van der Waals surface area contributed by atoms with E-state index in [0.29, 0.717) is 12.1 Å². The number of carboxylic acids is 1. The van der Waals surface area contributed by atoms with Crippen molar-refractivity contribution < 1.29 is 9.90 Å². The molecule has 3 nitrogen and oxygen atoms in total. The summed E-state index contributed by atoms with van der Waals surface area (Å²) in [6.45, 7) is 0.259. The Morgan fingerprint density at radius 3 is 2.14 bits per heavy atom. The molecular weight excluding hydrogens is 178 g/mol. The van der Waals surface area contributed by atoms with E-state index in [0.717, 1.165) is 0 Å². The van der Waals surface area contributed by atoms with Gasteiger partial charge in [-0.15, -0.1) is 0 Å². The number of rotatable bonds is 4. The molecule has 0 aromatic carbocycles. The van der Waals surface area contributed by atoms with Gasteiger partial charge in [-0.25, -0.2) is 0 Å². The number of hydrogen-bond donors (Lipinski definition) is 1. The fraction of sp³-hybridized carbons (Fsp3) is 0.909. The monoisotopic (exact) mass is 197 g/mol.